The molecular formula is C6H3BrF3N. The summed E-state index contributed by atoms with van der Waals surface area (Å²) < 4.78 is 36.5. The maximum Gasteiger partial charge on any atom is 0.268 e. The van der Waals surface area contributed by atoms with Crippen molar-refractivity contribution in [3.8, 4) is 0 Å². The summed E-state index contributed by atoms with van der Waals surface area (Å²) in [4.78, 5) is 3.40. The van der Waals surface area contributed by atoms with E-state index >= 15 is 0 Å². The predicted octanol–water partition coefficient (Wildman–Crippen LogP) is 2.92. The number of rotatable bonds is 1. The molecule has 1 rings (SSSR count). The van der Waals surface area contributed by atoms with Crippen molar-refractivity contribution >= 4 is 15.9 Å². The van der Waals surface area contributed by atoms with Gasteiger partial charge >= 0.3 is 0 Å². The van der Waals surface area contributed by atoms with Crippen molar-refractivity contribution in [1.82, 2.24) is 4.98 Å². The van der Waals surface area contributed by atoms with Gasteiger partial charge in [0, 0.05) is 12.4 Å². The molecule has 11 heavy (non-hydrogen) atoms. The van der Waals surface area contributed by atoms with Crippen molar-refractivity contribution in [1.29, 1.82) is 0 Å². The van der Waals surface area contributed by atoms with E-state index in [4.69, 9.17) is 0 Å². The summed E-state index contributed by atoms with van der Waals surface area (Å²) in [5.41, 5.74) is -0.681. The zero-order valence-corrected chi connectivity index (χ0v) is 6.78. The highest BCUT2D eigenvalue weighted by Gasteiger charge is 2.15. The van der Waals surface area contributed by atoms with Crippen LogP contribution < -0.4 is 0 Å². The monoisotopic (exact) mass is 225 g/mol. The second-order valence-corrected chi connectivity index (χ2v) is 2.68. The SMILES string of the molecule is Fc1c(Br)cncc1C(F)F. The number of aromatic nitrogens is 1. The second-order valence-electron chi connectivity index (χ2n) is 1.83. The van der Waals surface area contributed by atoms with E-state index in [2.05, 4.69) is 20.9 Å². The van der Waals surface area contributed by atoms with Crippen LogP contribution in [0.25, 0.3) is 0 Å². The molecule has 1 heterocycles. The number of hydrogen-bond donors (Lipinski definition) is 0. The lowest BCUT2D eigenvalue weighted by atomic mass is 10.3. The minimum absolute atomic E-state index is 0.0460. The van der Waals surface area contributed by atoms with Crippen molar-refractivity contribution in [2.75, 3.05) is 0 Å². The zero-order valence-electron chi connectivity index (χ0n) is 5.19. The van der Waals surface area contributed by atoms with E-state index in [9.17, 15) is 13.2 Å². The summed E-state index contributed by atoms with van der Waals surface area (Å²) in [6, 6.07) is 0. The van der Waals surface area contributed by atoms with E-state index < -0.39 is 17.8 Å². The first-order valence-corrected chi connectivity index (χ1v) is 3.49. The number of nitrogens with zero attached hydrogens (tertiary/aromatic N) is 1. The normalized spacial score (nSPS) is 10.6. The van der Waals surface area contributed by atoms with Crippen LogP contribution in [-0.4, -0.2) is 4.98 Å². The molecule has 5 heteroatoms. The van der Waals surface area contributed by atoms with Crippen LogP contribution in [0.1, 0.15) is 12.0 Å². The van der Waals surface area contributed by atoms with Crippen LogP contribution in [-0.2, 0) is 0 Å². The summed E-state index contributed by atoms with van der Waals surface area (Å²) in [7, 11) is 0. The van der Waals surface area contributed by atoms with Crippen LogP contribution in [0.15, 0.2) is 16.9 Å². The van der Waals surface area contributed by atoms with E-state index in [1.54, 1.807) is 0 Å². The Labute approximate surface area is 69.4 Å². The van der Waals surface area contributed by atoms with Gasteiger partial charge in [-0.15, -0.1) is 0 Å². The van der Waals surface area contributed by atoms with Crippen molar-refractivity contribution in [2.24, 2.45) is 0 Å². The molecular weight excluding hydrogens is 223 g/mol. The quantitative estimate of drug-likeness (QED) is 0.717. The van der Waals surface area contributed by atoms with Gasteiger partial charge in [-0.2, -0.15) is 0 Å². The van der Waals surface area contributed by atoms with E-state index in [1.807, 2.05) is 0 Å². The number of hydrogen-bond acceptors (Lipinski definition) is 1. The third-order valence-electron chi connectivity index (χ3n) is 1.10. The fraction of sp³-hybridized carbons (Fsp3) is 0.167. The van der Waals surface area contributed by atoms with Crippen LogP contribution >= 0.6 is 15.9 Å². The topological polar surface area (TPSA) is 12.9 Å². The van der Waals surface area contributed by atoms with Crippen LogP contribution in [0.5, 0.6) is 0 Å². The molecule has 0 saturated carbocycles. The second kappa shape index (κ2) is 3.21. The van der Waals surface area contributed by atoms with Gasteiger partial charge in [0.05, 0.1) is 10.0 Å². The molecule has 1 nitrogen and oxygen atoms in total. The van der Waals surface area contributed by atoms with Crippen molar-refractivity contribution in [3.05, 3.63) is 28.2 Å². The third-order valence-corrected chi connectivity index (χ3v) is 1.65. The van der Waals surface area contributed by atoms with E-state index in [-0.39, 0.29) is 4.47 Å². The minimum Gasteiger partial charge on any atom is -0.263 e. The highest BCUT2D eigenvalue weighted by atomic mass is 79.9. The first-order chi connectivity index (χ1) is 5.13. The van der Waals surface area contributed by atoms with Gasteiger partial charge in [-0.05, 0) is 15.9 Å². The van der Waals surface area contributed by atoms with Gasteiger partial charge in [0.2, 0.25) is 0 Å². The smallest absolute Gasteiger partial charge is 0.263 e. The van der Waals surface area contributed by atoms with E-state index in [1.165, 1.54) is 0 Å². The van der Waals surface area contributed by atoms with Gasteiger partial charge in [-0.3, -0.25) is 4.98 Å². The van der Waals surface area contributed by atoms with Crippen molar-refractivity contribution in [2.45, 2.75) is 6.43 Å². The Hall–Kier alpha value is -0.580. The molecule has 0 atom stereocenters. The molecule has 0 bridgehead atoms. The molecule has 0 spiro atoms. The van der Waals surface area contributed by atoms with Crippen LogP contribution in [0, 0.1) is 5.82 Å². The van der Waals surface area contributed by atoms with Crippen LogP contribution in [0.4, 0.5) is 13.2 Å². The molecule has 0 aliphatic rings. The number of halogens is 4. The Balaban J connectivity index is 3.17. The van der Waals surface area contributed by atoms with Crippen LogP contribution in [0.2, 0.25) is 0 Å². The third kappa shape index (κ3) is 1.71. The largest absolute Gasteiger partial charge is 0.268 e. The highest BCUT2D eigenvalue weighted by Crippen LogP contribution is 2.25. The fourth-order valence-electron chi connectivity index (χ4n) is 0.586. The van der Waals surface area contributed by atoms with Crippen molar-refractivity contribution in [3.63, 3.8) is 0 Å². The number of pyridine rings is 1. The van der Waals surface area contributed by atoms with Gasteiger partial charge in [0.25, 0.3) is 6.43 Å². The Kier molecular flexibility index (Phi) is 2.49. The highest BCUT2D eigenvalue weighted by molar-refractivity contribution is 9.10. The van der Waals surface area contributed by atoms with Gasteiger partial charge in [0.15, 0.2) is 0 Å². The van der Waals surface area contributed by atoms with E-state index in [0.29, 0.717) is 0 Å². The molecule has 0 fully saturated rings. The Bertz CT molecular complexity index is 264. The molecule has 0 radical (unpaired) electrons. The van der Waals surface area contributed by atoms with Crippen molar-refractivity contribution < 1.29 is 13.2 Å². The molecule has 0 aromatic carbocycles. The van der Waals surface area contributed by atoms with Crippen LogP contribution in [0.3, 0.4) is 0 Å². The lowest BCUT2D eigenvalue weighted by Crippen LogP contribution is -1.92. The average Bonchev–Trinajstić information content (AvgIpc) is 1.94. The molecule has 60 valence electrons. The molecule has 0 amide bonds. The average molecular weight is 226 g/mol. The fourth-order valence-corrected chi connectivity index (χ4v) is 0.934. The molecule has 0 aliphatic carbocycles. The predicted molar refractivity (Wildman–Crippen MR) is 36.9 cm³/mol. The molecule has 0 saturated heterocycles. The lowest BCUT2D eigenvalue weighted by Gasteiger charge is -2.00. The van der Waals surface area contributed by atoms with Gasteiger partial charge in [-0.25, -0.2) is 13.2 Å². The van der Waals surface area contributed by atoms with E-state index in [0.717, 1.165) is 12.4 Å². The summed E-state index contributed by atoms with van der Waals surface area (Å²) in [5, 5.41) is 0. The first kappa shape index (κ1) is 8.52. The standard InChI is InChI=1S/C6H3BrF3N/c7-4-2-11-1-3(5(4)8)6(9)10/h1-2,6H. The Morgan fingerprint density at radius 1 is 1.36 bits per heavy atom. The number of alkyl halides is 2. The molecule has 0 aliphatic heterocycles. The Morgan fingerprint density at radius 3 is 2.45 bits per heavy atom. The molecule has 1 aromatic heterocycles. The maximum atomic E-state index is 12.7. The zero-order chi connectivity index (χ0) is 8.43. The molecule has 0 unspecified atom stereocenters. The minimum atomic E-state index is -2.82. The van der Waals surface area contributed by atoms with Gasteiger partial charge < -0.3 is 0 Å². The summed E-state index contributed by atoms with van der Waals surface area (Å²) >= 11 is 2.74. The molecule has 1 aromatic rings. The molecule has 0 N–H and O–H groups in total. The summed E-state index contributed by atoms with van der Waals surface area (Å²) in [6.07, 6.45) is -0.883. The maximum absolute atomic E-state index is 12.7. The summed E-state index contributed by atoms with van der Waals surface area (Å²) in [5.74, 6) is -0.949. The Morgan fingerprint density at radius 2 is 2.00 bits per heavy atom. The first-order valence-electron chi connectivity index (χ1n) is 2.70. The lowest BCUT2D eigenvalue weighted by molar-refractivity contribution is 0.145. The summed E-state index contributed by atoms with van der Waals surface area (Å²) in [6.45, 7) is 0. The van der Waals surface area contributed by atoms with Gasteiger partial charge in [-0.1, -0.05) is 0 Å². The van der Waals surface area contributed by atoms with Gasteiger partial charge in [0.1, 0.15) is 5.82 Å².